The SMILES string of the molecule is C#CC(CC)(CC)NC(=O)c1ccc2c(c1)nnn2CC. The highest BCUT2D eigenvalue weighted by atomic mass is 16.1. The first-order chi connectivity index (χ1) is 10.1. The molecule has 0 aliphatic heterocycles. The number of amides is 1. The highest BCUT2D eigenvalue weighted by Crippen LogP contribution is 2.17. The molecule has 1 N–H and O–H groups in total. The van der Waals surface area contributed by atoms with Crippen molar-refractivity contribution in [3.8, 4) is 12.3 Å². The second kappa shape index (κ2) is 5.96. The lowest BCUT2D eigenvalue weighted by molar-refractivity contribution is 0.0916. The molecular weight excluding hydrogens is 264 g/mol. The van der Waals surface area contributed by atoms with Crippen LogP contribution in [0.4, 0.5) is 0 Å². The number of carbonyl (C=O) groups is 1. The summed E-state index contributed by atoms with van der Waals surface area (Å²) in [5.74, 6) is 2.53. The minimum atomic E-state index is -0.590. The number of rotatable bonds is 5. The van der Waals surface area contributed by atoms with E-state index in [1.54, 1.807) is 16.8 Å². The molecule has 0 atom stereocenters. The van der Waals surface area contributed by atoms with Gasteiger partial charge in [-0.3, -0.25) is 4.79 Å². The molecule has 0 radical (unpaired) electrons. The molecule has 0 aliphatic rings. The predicted molar refractivity (Wildman–Crippen MR) is 82.8 cm³/mol. The summed E-state index contributed by atoms with van der Waals surface area (Å²) < 4.78 is 1.79. The van der Waals surface area contributed by atoms with E-state index in [0.29, 0.717) is 23.9 Å². The average Bonchev–Trinajstić information content (AvgIpc) is 2.94. The zero-order chi connectivity index (χ0) is 15.5. The summed E-state index contributed by atoms with van der Waals surface area (Å²) in [5.41, 5.74) is 1.59. The largest absolute Gasteiger partial charge is 0.336 e. The summed E-state index contributed by atoms with van der Waals surface area (Å²) in [6, 6.07) is 5.39. The lowest BCUT2D eigenvalue weighted by Gasteiger charge is -2.27. The van der Waals surface area contributed by atoms with Crippen molar-refractivity contribution < 1.29 is 4.79 Å². The Kier molecular flexibility index (Phi) is 4.27. The fourth-order valence-electron chi connectivity index (χ4n) is 2.30. The minimum Gasteiger partial charge on any atom is -0.336 e. The van der Waals surface area contributed by atoms with Crippen molar-refractivity contribution in [2.24, 2.45) is 0 Å². The monoisotopic (exact) mass is 284 g/mol. The molecule has 2 aromatic rings. The summed E-state index contributed by atoms with van der Waals surface area (Å²) in [6.45, 7) is 6.69. The summed E-state index contributed by atoms with van der Waals surface area (Å²) in [6.07, 6.45) is 6.97. The first kappa shape index (κ1) is 15.0. The maximum absolute atomic E-state index is 12.4. The van der Waals surface area contributed by atoms with Gasteiger partial charge in [0.05, 0.1) is 5.52 Å². The number of aromatic nitrogens is 3. The van der Waals surface area contributed by atoms with Crippen LogP contribution in [-0.2, 0) is 6.54 Å². The highest BCUT2D eigenvalue weighted by Gasteiger charge is 2.26. The van der Waals surface area contributed by atoms with Gasteiger partial charge in [0.25, 0.3) is 5.91 Å². The zero-order valence-corrected chi connectivity index (χ0v) is 12.7. The molecule has 21 heavy (non-hydrogen) atoms. The van der Waals surface area contributed by atoms with Gasteiger partial charge >= 0.3 is 0 Å². The smallest absolute Gasteiger partial charge is 0.252 e. The third-order valence-electron chi connectivity index (χ3n) is 3.91. The quantitative estimate of drug-likeness (QED) is 0.858. The molecule has 0 saturated heterocycles. The summed E-state index contributed by atoms with van der Waals surface area (Å²) in [4.78, 5) is 12.4. The Balaban J connectivity index is 2.30. The van der Waals surface area contributed by atoms with Gasteiger partial charge in [0.15, 0.2) is 0 Å². The third-order valence-corrected chi connectivity index (χ3v) is 3.91. The number of carbonyl (C=O) groups excluding carboxylic acids is 1. The van der Waals surface area contributed by atoms with Crippen LogP contribution >= 0.6 is 0 Å². The molecule has 0 fully saturated rings. The standard InChI is InChI=1S/C16H20N4O/c1-5-16(6-2,7-3)17-15(21)12-9-10-14-13(11-12)18-19-20(14)8-4/h1,9-11H,6-8H2,2-4H3,(H,17,21). The number of hydrogen-bond acceptors (Lipinski definition) is 3. The maximum atomic E-state index is 12.4. The Morgan fingerprint density at radius 3 is 2.67 bits per heavy atom. The number of benzene rings is 1. The Morgan fingerprint density at radius 1 is 1.38 bits per heavy atom. The van der Waals surface area contributed by atoms with Crippen molar-refractivity contribution in [1.29, 1.82) is 0 Å². The molecule has 5 nitrogen and oxygen atoms in total. The van der Waals surface area contributed by atoms with Crippen LogP contribution in [0, 0.1) is 12.3 Å². The van der Waals surface area contributed by atoms with Crippen molar-refractivity contribution in [1.82, 2.24) is 20.3 Å². The van der Waals surface area contributed by atoms with Gasteiger partial charge < -0.3 is 5.32 Å². The molecule has 1 amide bonds. The van der Waals surface area contributed by atoms with E-state index in [9.17, 15) is 4.79 Å². The molecule has 5 heteroatoms. The van der Waals surface area contributed by atoms with E-state index in [1.165, 1.54) is 0 Å². The molecular formula is C16H20N4O. The van der Waals surface area contributed by atoms with E-state index in [4.69, 9.17) is 6.42 Å². The lowest BCUT2D eigenvalue weighted by atomic mass is 9.93. The molecule has 0 unspecified atom stereocenters. The van der Waals surface area contributed by atoms with Crippen LogP contribution in [0.15, 0.2) is 18.2 Å². The molecule has 1 heterocycles. The van der Waals surface area contributed by atoms with Crippen LogP contribution in [-0.4, -0.2) is 26.4 Å². The number of aryl methyl sites for hydroxylation is 1. The van der Waals surface area contributed by atoms with Gasteiger partial charge in [-0.2, -0.15) is 0 Å². The van der Waals surface area contributed by atoms with E-state index in [-0.39, 0.29) is 5.91 Å². The van der Waals surface area contributed by atoms with Crippen LogP contribution in [0.3, 0.4) is 0 Å². The van der Waals surface area contributed by atoms with Crippen LogP contribution in [0.2, 0.25) is 0 Å². The van der Waals surface area contributed by atoms with Crippen molar-refractivity contribution in [2.45, 2.75) is 45.7 Å². The maximum Gasteiger partial charge on any atom is 0.252 e. The van der Waals surface area contributed by atoms with Gasteiger partial charge in [-0.05, 0) is 38.0 Å². The minimum absolute atomic E-state index is 0.176. The Labute approximate surface area is 124 Å². The van der Waals surface area contributed by atoms with E-state index in [2.05, 4.69) is 21.5 Å². The van der Waals surface area contributed by atoms with Crippen LogP contribution in [0.25, 0.3) is 11.0 Å². The fraction of sp³-hybridized carbons (Fsp3) is 0.438. The lowest BCUT2D eigenvalue weighted by Crippen LogP contribution is -2.46. The number of hydrogen-bond donors (Lipinski definition) is 1. The second-order valence-electron chi connectivity index (χ2n) is 5.00. The fourth-order valence-corrected chi connectivity index (χ4v) is 2.30. The molecule has 110 valence electrons. The van der Waals surface area contributed by atoms with E-state index in [0.717, 1.165) is 12.1 Å². The molecule has 1 aromatic carbocycles. The van der Waals surface area contributed by atoms with E-state index in [1.807, 2.05) is 26.8 Å². The second-order valence-corrected chi connectivity index (χ2v) is 5.00. The van der Waals surface area contributed by atoms with E-state index < -0.39 is 5.54 Å². The number of fused-ring (bicyclic) bond motifs is 1. The Morgan fingerprint density at radius 2 is 2.10 bits per heavy atom. The first-order valence-corrected chi connectivity index (χ1v) is 7.22. The topological polar surface area (TPSA) is 59.8 Å². The van der Waals surface area contributed by atoms with Crippen molar-refractivity contribution >= 4 is 16.9 Å². The van der Waals surface area contributed by atoms with Gasteiger partial charge in [0.1, 0.15) is 11.1 Å². The Bertz CT molecular complexity index is 692. The van der Waals surface area contributed by atoms with Crippen molar-refractivity contribution in [2.75, 3.05) is 0 Å². The Hall–Kier alpha value is -2.35. The number of nitrogens with one attached hydrogen (secondary N) is 1. The predicted octanol–water partition coefficient (Wildman–Crippen LogP) is 2.37. The van der Waals surface area contributed by atoms with Crippen LogP contribution in [0.1, 0.15) is 44.0 Å². The summed E-state index contributed by atoms with van der Waals surface area (Å²) in [7, 11) is 0. The first-order valence-electron chi connectivity index (χ1n) is 7.22. The number of nitrogens with zero attached hydrogens (tertiary/aromatic N) is 3. The van der Waals surface area contributed by atoms with Gasteiger partial charge in [-0.1, -0.05) is 25.0 Å². The van der Waals surface area contributed by atoms with E-state index >= 15 is 0 Å². The molecule has 2 rings (SSSR count). The van der Waals surface area contributed by atoms with Crippen LogP contribution < -0.4 is 5.32 Å². The molecule has 0 aliphatic carbocycles. The molecule has 0 saturated carbocycles. The zero-order valence-electron chi connectivity index (χ0n) is 12.7. The molecule has 0 spiro atoms. The molecule has 1 aromatic heterocycles. The average molecular weight is 284 g/mol. The van der Waals surface area contributed by atoms with Crippen molar-refractivity contribution in [3.05, 3.63) is 23.8 Å². The summed E-state index contributed by atoms with van der Waals surface area (Å²) in [5, 5.41) is 11.1. The van der Waals surface area contributed by atoms with Crippen LogP contribution in [0.5, 0.6) is 0 Å². The number of terminal acetylenes is 1. The highest BCUT2D eigenvalue weighted by molar-refractivity contribution is 5.97. The third kappa shape index (κ3) is 2.75. The van der Waals surface area contributed by atoms with Gasteiger partial charge in [-0.15, -0.1) is 11.5 Å². The van der Waals surface area contributed by atoms with Gasteiger partial charge in [-0.25, -0.2) is 4.68 Å². The van der Waals surface area contributed by atoms with Gasteiger partial charge in [0.2, 0.25) is 0 Å². The summed E-state index contributed by atoms with van der Waals surface area (Å²) >= 11 is 0. The molecule has 0 bridgehead atoms. The van der Waals surface area contributed by atoms with Crippen molar-refractivity contribution in [3.63, 3.8) is 0 Å². The normalized spacial score (nSPS) is 11.3. The van der Waals surface area contributed by atoms with Gasteiger partial charge in [0, 0.05) is 12.1 Å².